The Morgan fingerprint density at radius 3 is 2.20 bits per heavy atom. The van der Waals surface area contributed by atoms with Gasteiger partial charge in [-0.25, -0.2) is 19.4 Å². The molecule has 3 aliphatic heterocycles. The molecule has 0 aliphatic carbocycles. The number of carbonyl (C=O) groups excluding carboxylic acids is 4. The Morgan fingerprint density at radius 1 is 0.768 bits per heavy atom. The highest BCUT2D eigenvalue weighted by Gasteiger charge is 2.40. The van der Waals surface area contributed by atoms with Crippen molar-refractivity contribution in [1.82, 2.24) is 30.3 Å². The monoisotopic (exact) mass is 772 g/mol. The standard InChI is InChI=1S/C40H52N8O8/c41-22-29-7-4-8-30(21-29)23-45-38(50)46-16-18-48(19-17-46)39(51)55-27-33-13-20-53-37(35(33)54-26-28-5-2-1-3-6-28)56-40(52)47-14-11-32(12-15-47)36(49)44-25-31-9-10-34(42)43-24-31/h1-10,21,24,32-33,35,37H,11-20,22-23,25-27,41H2,(H2,42,43)(H,44,49)(H,45,50)/t33-,35?,37+/m1/s1. The first-order valence-electron chi connectivity index (χ1n) is 19.2. The summed E-state index contributed by atoms with van der Waals surface area (Å²) in [5.74, 6) is -0.216. The molecule has 6 N–H and O–H groups in total. The minimum Gasteiger partial charge on any atom is -0.449 e. The van der Waals surface area contributed by atoms with E-state index in [1.54, 1.807) is 27.0 Å². The van der Waals surface area contributed by atoms with Crippen LogP contribution in [0.15, 0.2) is 72.9 Å². The Morgan fingerprint density at radius 2 is 1.46 bits per heavy atom. The van der Waals surface area contributed by atoms with Crippen LogP contribution in [0.3, 0.4) is 0 Å². The largest absolute Gasteiger partial charge is 0.449 e. The molecule has 5 amide bonds. The van der Waals surface area contributed by atoms with E-state index in [-0.39, 0.29) is 43.6 Å². The number of nitrogens with one attached hydrogen (secondary N) is 2. The number of hydrogen-bond acceptors (Lipinski definition) is 11. The number of benzene rings is 2. The Bertz CT molecular complexity index is 1750. The number of aromatic nitrogens is 1. The Labute approximate surface area is 326 Å². The highest BCUT2D eigenvalue weighted by Crippen LogP contribution is 2.28. The van der Waals surface area contributed by atoms with Gasteiger partial charge in [-0.15, -0.1) is 0 Å². The van der Waals surface area contributed by atoms with E-state index in [4.69, 9.17) is 30.4 Å². The maximum atomic E-state index is 13.4. The van der Waals surface area contributed by atoms with Gasteiger partial charge in [0.2, 0.25) is 12.2 Å². The molecule has 16 heteroatoms. The van der Waals surface area contributed by atoms with Gasteiger partial charge < -0.3 is 55.7 Å². The van der Waals surface area contributed by atoms with Gasteiger partial charge in [-0.2, -0.15) is 0 Å². The zero-order chi connectivity index (χ0) is 39.3. The number of nitrogens with two attached hydrogens (primary N) is 2. The van der Waals surface area contributed by atoms with Gasteiger partial charge in [0.05, 0.1) is 19.8 Å². The van der Waals surface area contributed by atoms with Crippen molar-refractivity contribution in [3.63, 3.8) is 0 Å². The lowest BCUT2D eigenvalue weighted by Gasteiger charge is -2.39. The number of nitrogens with zero attached hydrogens (tertiary/aromatic N) is 4. The predicted molar refractivity (Wildman–Crippen MR) is 205 cm³/mol. The third kappa shape index (κ3) is 11.3. The second-order valence-corrected chi connectivity index (χ2v) is 14.2. The second-order valence-electron chi connectivity index (χ2n) is 14.2. The van der Waals surface area contributed by atoms with Crippen molar-refractivity contribution < 1.29 is 38.1 Å². The lowest BCUT2D eigenvalue weighted by molar-refractivity contribution is -0.231. The van der Waals surface area contributed by atoms with Gasteiger partial charge in [-0.1, -0.05) is 60.7 Å². The fourth-order valence-electron chi connectivity index (χ4n) is 6.97. The molecule has 3 atom stereocenters. The second kappa shape index (κ2) is 19.9. The van der Waals surface area contributed by atoms with Crippen LogP contribution >= 0.6 is 0 Å². The van der Waals surface area contributed by atoms with E-state index < -0.39 is 24.6 Å². The number of urea groups is 1. The van der Waals surface area contributed by atoms with Crippen molar-refractivity contribution in [3.05, 3.63) is 95.2 Å². The predicted octanol–water partition coefficient (Wildman–Crippen LogP) is 3.20. The molecule has 3 aromatic rings. The normalized spacial score (nSPS) is 20.2. The number of nitrogen functional groups attached to an aromatic ring is 1. The maximum Gasteiger partial charge on any atom is 0.412 e. The molecule has 0 spiro atoms. The van der Waals surface area contributed by atoms with Gasteiger partial charge in [0.15, 0.2) is 0 Å². The van der Waals surface area contributed by atoms with Crippen molar-refractivity contribution >= 4 is 29.9 Å². The summed E-state index contributed by atoms with van der Waals surface area (Å²) in [5, 5.41) is 5.89. The molecule has 3 aliphatic rings. The lowest BCUT2D eigenvalue weighted by atomic mass is 9.96. The summed E-state index contributed by atoms with van der Waals surface area (Å²) in [6.45, 7) is 3.79. The lowest BCUT2D eigenvalue weighted by Crippen LogP contribution is -2.53. The molecule has 1 aromatic heterocycles. The van der Waals surface area contributed by atoms with Crippen LogP contribution in [0.25, 0.3) is 0 Å². The molecule has 6 rings (SSSR count). The number of anilines is 1. The van der Waals surface area contributed by atoms with Crippen LogP contribution in [0.1, 0.15) is 41.5 Å². The first kappa shape index (κ1) is 40.2. The minimum atomic E-state index is -1.03. The van der Waals surface area contributed by atoms with E-state index in [0.717, 1.165) is 22.3 Å². The average Bonchev–Trinajstić information content (AvgIpc) is 3.24. The first-order chi connectivity index (χ1) is 27.2. The summed E-state index contributed by atoms with van der Waals surface area (Å²) in [5.41, 5.74) is 15.1. The van der Waals surface area contributed by atoms with E-state index in [9.17, 15) is 19.2 Å². The van der Waals surface area contributed by atoms with Crippen LogP contribution < -0.4 is 22.1 Å². The number of pyridine rings is 1. The molecule has 2 aromatic carbocycles. The molecule has 0 radical (unpaired) electrons. The van der Waals surface area contributed by atoms with Crippen molar-refractivity contribution in [2.75, 3.05) is 58.2 Å². The van der Waals surface area contributed by atoms with Gasteiger partial charge >= 0.3 is 18.2 Å². The molecule has 1 unspecified atom stereocenters. The summed E-state index contributed by atoms with van der Waals surface area (Å²) in [7, 11) is 0. The molecule has 0 bridgehead atoms. The zero-order valence-electron chi connectivity index (χ0n) is 31.6. The van der Waals surface area contributed by atoms with Crippen molar-refractivity contribution in [1.29, 1.82) is 0 Å². The summed E-state index contributed by atoms with van der Waals surface area (Å²) < 4.78 is 24.0. The molecule has 16 nitrogen and oxygen atoms in total. The maximum absolute atomic E-state index is 13.4. The number of ether oxygens (including phenoxy) is 4. The number of hydrogen-bond donors (Lipinski definition) is 4. The molecule has 56 heavy (non-hydrogen) atoms. The van der Waals surface area contributed by atoms with Crippen molar-refractivity contribution in [2.45, 2.75) is 57.9 Å². The molecule has 0 saturated carbocycles. The van der Waals surface area contributed by atoms with Crippen LogP contribution in [-0.2, 0) is 50.0 Å². The van der Waals surface area contributed by atoms with Crippen molar-refractivity contribution in [2.24, 2.45) is 17.6 Å². The number of rotatable bonds is 12. The van der Waals surface area contributed by atoms with E-state index >= 15 is 0 Å². The zero-order valence-corrected chi connectivity index (χ0v) is 31.6. The van der Waals surface area contributed by atoms with Crippen LogP contribution in [0.2, 0.25) is 0 Å². The molecule has 300 valence electrons. The SMILES string of the molecule is NCc1cccc(CNC(=O)N2CCN(C(=O)OC[C@H]3CCO[C@@H](OC(=O)N4CCC(C(=O)NCc5ccc(N)nc5)CC4)C3OCc3ccccc3)CC2)c1. The van der Waals surface area contributed by atoms with Gasteiger partial charge in [0.25, 0.3) is 0 Å². The van der Waals surface area contributed by atoms with Gasteiger partial charge in [-0.05, 0) is 47.6 Å². The average molecular weight is 773 g/mol. The van der Waals surface area contributed by atoms with Crippen molar-refractivity contribution in [3.8, 4) is 0 Å². The molecule has 3 fully saturated rings. The fraction of sp³-hybridized carbons (Fsp3) is 0.475. The smallest absolute Gasteiger partial charge is 0.412 e. The van der Waals surface area contributed by atoms with E-state index in [1.165, 1.54) is 0 Å². The van der Waals surface area contributed by atoms with Crippen LogP contribution in [0, 0.1) is 11.8 Å². The summed E-state index contributed by atoms with van der Waals surface area (Å²) in [6.07, 6.45) is 0.349. The van der Waals surface area contributed by atoms with Crippen LogP contribution in [0.5, 0.6) is 0 Å². The summed E-state index contributed by atoms with van der Waals surface area (Å²) >= 11 is 0. The molecular weight excluding hydrogens is 720 g/mol. The molecule has 3 saturated heterocycles. The van der Waals surface area contributed by atoms with Gasteiger partial charge in [0.1, 0.15) is 11.9 Å². The van der Waals surface area contributed by atoms with Crippen LogP contribution in [-0.4, -0.2) is 109 Å². The number of carbonyl (C=O) groups is 4. The quantitative estimate of drug-likeness (QED) is 0.211. The first-order valence-corrected chi connectivity index (χ1v) is 19.2. The van der Waals surface area contributed by atoms with E-state index in [0.29, 0.717) is 84.0 Å². The van der Waals surface area contributed by atoms with Gasteiger partial charge in [0, 0.05) is 76.9 Å². The minimum absolute atomic E-state index is 0.0329. The number of piperazine rings is 1. The molecule has 4 heterocycles. The highest BCUT2D eigenvalue weighted by molar-refractivity contribution is 5.79. The third-order valence-electron chi connectivity index (χ3n) is 10.4. The van der Waals surface area contributed by atoms with Crippen LogP contribution in [0.4, 0.5) is 20.2 Å². The Hall–Kier alpha value is -5.45. The van der Waals surface area contributed by atoms with Gasteiger partial charge in [-0.3, -0.25) is 4.79 Å². The number of amides is 5. The van der Waals surface area contributed by atoms with E-state index in [2.05, 4.69) is 15.6 Å². The highest BCUT2D eigenvalue weighted by atomic mass is 16.7. The molecular formula is C40H52N8O8. The Kier molecular flexibility index (Phi) is 14.3. The summed E-state index contributed by atoms with van der Waals surface area (Å²) in [4.78, 5) is 61.2. The Balaban J connectivity index is 0.972. The number of piperidine rings is 1. The third-order valence-corrected chi connectivity index (χ3v) is 10.4. The number of likely N-dealkylation sites (tertiary alicyclic amines) is 1. The topological polar surface area (TPSA) is 204 Å². The fourth-order valence-corrected chi connectivity index (χ4v) is 6.97. The summed E-state index contributed by atoms with van der Waals surface area (Å²) in [6, 6.07) is 20.7. The van der Waals surface area contributed by atoms with E-state index in [1.807, 2.05) is 60.7 Å².